The number of carbonyl (C=O) groups is 2. The van der Waals surface area contributed by atoms with Crippen molar-refractivity contribution in [2.45, 2.75) is 32.9 Å². The van der Waals surface area contributed by atoms with Crippen LogP contribution in [0.2, 0.25) is 0 Å². The predicted octanol–water partition coefficient (Wildman–Crippen LogP) is 2.45. The van der Waals surface area contributed by atoms with E-state index >= 15 is 0 Å². The van der Waals surface area contributed by atoms with Gasteiger partial charge in [0.15, 0.2) is 17.1 Å². The van der Waals surface area contributed by atoms with Crippen LogP contribution < -0.4 is 9.47 Å². The number of nitrogens with zero attached hydrogens (tertiary/aromatic N) is 6. The maximum Gasteiger partial charge on any atom is 0.333 e. The Kier molecular flexibility index (Phi) is 5.78. The fraction of sp³-hybridized carbons (Fsp3) is 0.304. The van der Waals surface area contributed by atoms with Crippen LogP contribution in [0.3, 0.4) is 0 Å². The van der Waals surface area contributed by atoms with E-state index in [1.165, 1.54) is 21.0 Å². The van der Waals surface area contributed by atoms with Crippen molar-refractivity contribution in [3.05, 3.63) is 59.0 Å². The SMILES string of the molecule is COc1ccc(C(=O)c2c(C)n(Cc3nnn(C(C)(C)C(=O)O)n3)c3nc(OC)ccc23)cc1. The minimum absolute atomic E-state index is 0.133. The van der Waals surface area contributed by atoms with E-state index in [0.717, 1.165) is 4.80 Å². The maximum atomic E-state index is 13.5. The van der Waals surface area contributed by atoms with Gasteiger partial charge in [0.25, 0.3) is 0 Å². The number of carboxylic acid groups (broad SMARTS) is 1. The van der Waals surface area contributed by atoms with Crippen LogP contribution in [0.25, 0.3) is 11.0 Å². The van der Waals surface area contributed by atoms with Gasteiger partial charge in [-0.1, -0.05) is 0 Å². The lowest BCUT2D eigenvalue weighted by Gasteiger charge is -2.16. The van der Waals surface area contributed by atoms with Crippen LogP contribution in [-0.2, 0) is 16.9 Å². The molecule has 0 unspecified atom stereocenters. The molecular weight excluding hydrogens is 440 g/mol. The molecule has 3 aromatic heterocycles. The maximum absolute atomic E-state index is 13.5. The second-order valence-electron chi connectivity index (χ2n) is 8.19. The lowest BCUT2D eigenvalue weighted by Crippen LogP contribution is -2.37. The number of pyridine rings is 1. The van der Waals surface area contributed by atoms with Gasteiger partial charge in [0, 0.05) is 22.7 Å². The van der Waals surface area contributed by atoms with Crippen molar-refractivity contribution in [3.8, 4) is 11.6 Å². The number of tetrazole rings is 1. The summed E-state index contributed by atoms with van der Waals surface area (Å²) < 4.78 is 12.3. The highest BCUT2D eigenvalue weighted by atomic mass is 16.5. The summed E-state index contributed by atoms with van der Waals surface area (Å²) in [5.41, 5.74) is 0.809. The van der Waals surface area contributed by atoms with Gasteiger partial charge >= 0.3 is 5.97 Å². The number of fused-ring (bicyclic) bond motifs is 1. The van der Waals surface area contributed by atoms with Crippen LogP contribution >= 0.6 is 0 Å². The molecule has 0 saturated heterocycles. The highest BCUT2D eigenvalue weighted by molar-refractivity contribution is 6.17. The average molecular weight is 464 g/mol. The van der Waals surface area contributed by atoms with Gasteiger partial charge in [-0.2, -0.15) is 4.98 Å². The molecule has 11 heteroatoms. The van der Waals surface area contributed by atoms with E-state index in [4.69, 9.17) is 9.47 Å². The van der Waals surface area contributed by atoms with E-state index < -0.39 is 11.5 Å². The van der Waals surface area contributed by atoms with Gasteiger partial charge in [-0.3, -0.25) is 4.79 Å². The summed E-state index contributed by atoms with van der Waals surface area (Å²) in [6, 6.07) is 10.4. The number of aromatic nitrogens is 6. The van der Waals surface area contributed by atoms with Gasteiger partial charge in [0.1, 0.15) is 11.4 Å². The summed E-state index contributed by atoms with van der Waals surface area (Å²) in [4.78, 5) is 30.6. The van der Waals surface area contributed by atoms with E-state index in [2.05, 4.69) is 20.4 Å². The molecule has 0 bridgehead atoms. The molecule has 0 saturated carbocycles. The van der Waals surface area contributed by atoms with Gasteiger partial charge in [-0.15, -0.1) is 15.0 Å². The molecule has 176 valence electrons. The minimum Gasteiger partial charge on any atom is -0.497 e. The van der Waals surface area contributed by atoms with Crippen molar-refractivity contribution in [2.24, 2.45) is 0 Å². The van der Waals surface area contributed by atoms with Crippen molar-refractivity contribution >= 4 is 22.8 Å². The van der Waals surface area contributed by atoms with E-state index in [1.807, 2.05) is 6.92 Å². The third-order valence-corrected chi connectivity index (χ3v) is 5.71. The summed E-state index contributed by atoms with van der Waals surface area (Å²) in [5, 5.41) is 22.3. The second kappa shape index (κ2) is 8.58. The topological polar surface area (TPSA) is 134 Å². The summed E-state index contributed by atoms with van der Waals surface area (Å²) in [6.07, 6.45) is 0. The van der Waals surface area contributed by atoms with Crippen LogP contribution in [0.5, 0.6) is 11.6 Å². The number of carbonyl (C=O) groups excluding carboxylic acids is 1. The lowest BCUT2D eigenvalue weighted by molar-refractivity contribution is -0.146. The van der Waals surface area contributed by atoms with Crippen molar-refractivity contribution in [2.75, 3.05) is 14.2 Å². The van der Waals surface area contributed by atoms with Crippen molar-refractivity contribution in [3.63, 3.8) is 0 Å². The molecule has 3 heterocycles. The van der Waals surface area contributed by atoms with Gasteiger partial charge in [-0.05, 0) is 56.3 Å². The first-order valence-electron chi connectivity index (χ1n) is 10.4. The summed E-state index contributed by atoms with van der Waals surface area (Å²) >= 11 is 0. The Labute approximate surface area is 194 Å². The smallest absolute Gasteiger partial charge is 0.333 e. The van der Waals surface area contributed by atoms with Gasteiger partial charge in [-0.25, -0.2) is 4.79 Å². The van der Waals surface area contributed by atoms with Crippen LogP contribution in [0.15, 0.2) is 36.4 Å². The monoisotopic (exact) mass is 464 g/mol. The predicted molar refractivity (Wildman–Crippen MR) is 121 cm³/mol. The van der Waals surface area contributed by atoms with E-state index in [1.54, 1.807) is 48.1 Å². The number of hydrogen-bond acceptors (Lipinski definition) is 8. The highest BCUT2D eigenvalue weighted by Gasteiger charge is 2.33. The summed E-state index contributed by atoms with van der Waals surface area (Å²) in [7, 11) is 3.08. The second-order valence-corrected chi connectivity index (χ2v) is 8.19. The number of rotatable bonds is 8. The first-order valence-corrected chi connectivity index (χ1v) is 10.4. The number of hydrogen-bond donors (Lipinski definition) is 1. The van der Waals surface area contributed by atoms with Crippen LogP contribution in [0.4, 0.5) is 0 Å². The quantitative estimate of drug-likeness (QED) is 0.390. The molecule has 4 rings (SSSR count). The number of ketones is 1. The molecule has 0 radical (unpaired) electrons. The normalized spacial score (nSPS) is 11.6. The highest BCUT2D eigenvalue weighted by Crippen LogP contribution is 2.30. The van der Waals surface area contributed by atoms with E-state index in [9.17, 15) is 14.7 Å². The summed E-state index contributed by atoms with van der Waals surface area (Å²) in [6.45, 7) is 4.91. The fourth-order valence-corrected chi connectivity index (χ4v) is 3.57. The molecule has 1 N–H and O–H groups in total. The van der Waals surface area contributed by atoms with Gasteiger partial charge < -0.3 is 19.1 Å². The van der Waals surface area contributed by atoms with Gasteiger partial charge in [0.05, 0.1) is 26.3 Å². The molecule has 0 aliphatic rings. The number of carboxylic acids is 1. The molecule has 0 spiro atoms. The zero-order chi connectivity index (χ0) is 24.6. The third-order valence-electron chi connectivity index (χ3n) is 5.71. The van der Waals surface area contributed by atoms with Crippen molar-refractivity contribution in [1.82, 2.24) is 29.8 Å². The largest absolute Gasteiger partial charge is 0.497 e. The number of methoxy groups -OCH3 is 2. The van der Waals surface area contributed by atoms with Crippen LogP contribution in [-0.4, -0.2) is 60.8 Å². The number of aliphatic carboxylic acids is 1. The number of benzene rings is 1. The van der Waals surface area contributed by atoms with E-state index in [0.29, 0.717) is 39.5 Å². The fourth-order valence-electron chi connectivity index (χ4n) is 3.57. The first kappa shape index (κ1) is 22.9. The van der Waals surface area contributed by atoms with Crippen LogP contribution in [0.1, 0.15) is 41.3 Å². The third kappa shape index (κ3) is 3.85. The lowest BCUT2D eigenvalue weighted by atomic mass is 10.0. The summed E-state index contributed by atoms with van der Waals surface area (Å²) in [5.74, 6) is 0.0681. The minimum atomic E-state index is -1.37. The molecule has 11 nitrogen and oxygen atoms in total. The standard InChI is InChI=1S/C23H24N6O5/c1-13-19(20(30)14-6-8-15(33-4)9-7-14)16-10-11-18(34-5)24-21(16)28(13)12-17-25-27-29(26-17)23(2,3)22(31)32/h6-11H,12H2,1-5H3,(H,31,32). The molecule has 4 aromatic rings. The molecule has 0 aliphatic heterocycles. The van der Waals surface area contributed by atoms with Crippen molar-refractivity contribution in [1.29, 1.82) is 0 Å². The molecule has 0 aliphatic carbocycles. The Bertz CT molecular complexity index is 1390. The molecular formula is C23H24N6O5. The Balaban J connectivity index is 1.81. The van der Waals surface area contributed by atoms with Crippen LogP contribution in [0, 0.1) is 6.92 Å². The molecule has 0 atom stereocenters. The molecule has 1 aromatic carbocycles. The zero-order valence-electron chi connectivity index (χ0n) is 19.4. The van der Waals surface area contributed by atoms with Crippen molar-refractivity contribution < 1.29 is 24.2 Å². The molecule has 0 fully saturated rings. The zero-order valence-corrected chi connectivity index (χ0v) is 19.4. The Morgan fingerprint density at radius 3 is 2.38 bits per heavy atom. The van der Waals surface area contributed by atoms with E-state index in [-0.39, 0.29) is 18.2 Å². The molecule has 0 amide bonds. The Morgan fingerprint density at radius 2 is 1.76 bits per heavy atom. The Morgan fingerprint density at radius 1 is 1.06 bits per heavy atom. The first-order chi connectivity index (χ1) is 16.2. The Hall–Kier alpha value is -4.28. The molecule has 34 heavy (non-hydrogen) atoms. The van der Waals surface area contributed by atoms with Gasteiger partial charge in [0.2, 0.25) is 5.88 Å². The number of ether oxygens (including phenoxy) is 2. The average Bonchev–Trinajstić information content (AvgIpc) is 3.42.